The number of H-pyrrole nitrogens is 1. The molecular weight excluding hydrogens is 767 g/mol. The SMILES string of the molecule is COc1cccc(OCc2nc(N(C)Cc3cccnc3)c3cc(-c4cn[nH]c4)ccc3n2)c1.O=C(O)C(F)(F)F.O=C(O)C(F)(F)F.O=C(O)C(F)(F)F. The van der Waals surface area contributed by atoms with Gasteiger partial charge in [-0.15, -0.1) is 0 Å². The number of carboxylic acid groups (broad SMARTS) is 3. The molecule has 3 aromatic heterocycles. The van der Waals surface area contributed by atoms with Gasteiger partial charge < -0.3 is 29.7 Å². The van der Waals surface area contributed by atoms with Gasteiger partial charge in [0, 0.05) is 49.2 Å². The number of benzene rings is 2. The predicted octanol–water partition coefficient (Wildman–Crippen LogP) is 6.54. The molecule has 5 aromatic rings. The lowest BCUT2D eigenvalue weighted by Gasteiger charge is -2.21. The molecule has 0 saturated carbocycles. The van der Waals surface area contributed by atoms with Crippen molar-refractivity contribution in [2.75, 3.05) is 19.1 Å². The summed E-state index contributed by atoms with van der Waals surface area (Å²) in [7, 11) is 3.65. The fourth-order valence-corrected chi connectivity index (χ4v) is 3.78. The maximum Gasteiger partial charge on any atom is 0.490 e. The summed E-state index contributed by atoms with van der Waals surface area (Å²) < 4.78 is 106. The number of rotatable bonds is 8. The van der Waals surface area contributed by atoms with Gasteiger partial charge in [-0.3, -0.25) is 10.1 Å². The Hall–Kier alpha value is -6.68. The first-order valence-electron chi connectivity index (χ1n) is 14.6. The van der Waals surface area contributed by atoms with E-state index in [2.05, 4.69) is 32.2 Å². The number of alkyl halides is 9. The Balaban J connectivity index is 0.000000408. The second-order valence-corrected chi connectivity index (χ2v) is 10.3. The van der Waals surface area contributed by atoms with E-state index in [9.17, 15) is 39.5 Å². The molecule has 296 valence electrons. The maximum atomic E-state index is 10.6. The monoisotopic (exact) mass is 794 g/mol. The zero-order valence-corrected chi connectivity index (χ0v) is 27.9. The van der Waals surface area contributed by atoms with Gasteiger partial charge in [0.05, 0.1) is 18.8 Å². The Labute approximate surface area is 302 Å². The van der Waals surface area contributed by atoms with Crippen LogP contribution in [-0.2, 0) is 27.5 Å². The minimum atomic E-state index is -5.08. The molecule has 14 nitrogen and oxygen atoms in total. The number of nitrogens with one attached hydrogen (secondary N) is 1. The van der Waals surface area contributed by atoms with Crippen LogP contribution in [0, 0.1) is 0 Å². The number of fused-ring (bicyclic) bond motifs is 1. The number of nitrogens with zero attached hydrogens (tertiary/aromatic N) is 5. The summed E-state index contributed by atoms with van der Waals surface area (Å²) in [6.07, 6.45) is -7.94. The summed E-state index contributed by atoms with van der Waals surface area (Å²) in [4.78, 5) is 42.7. The number of hydrogen-bond donors (Lipinski definition) is 4. The van der Waals surface area contributed by atoms with E-state index >= 15 is 0 Å². The second-order valence-electron chi connectivity index (χ2n) is 10.3. The largest absolute Gasteiger partial charge is 0.497 e. The molecule has 55 heavy (non-hydrogen) atoms. The van der Waals surface area contributed by atoms with Crippen molar-refractivity contribution in [3.8, 4) is 22.6 Å². The molecule has 4 N–H and O–H groups in total. The average molecular weight is 795 g/mol. The van der Waals surface area contributed by atoms with E-state index in [0.29, 0.717) is 18.1 Å². The lowest BCUT2D eigenvalue weighted by molar-refractivity contribution is -0.193. The van der Waals surface area contributed by atoms with Crippen molar-refractivity contribution in [2.24, 2.45) is 0 Å². The number of carbonyl (C=O) groups is 3. The third-order valence-corrected chi connectivity index (χ3v) is 6.19. The first-order valence-corrected chi connectivity index (χ1v) is 14.6. The first-order chi connectivity index (χ1) is 25.5. The second kappa shape index (κ2) is 19.4. The van der Waals surface area contributed by atoms with E-state index in [0.717, 1.165) is 39.2 Å². The molecule has 0 radical (unpaired) electrons. The molecule has 0 amide bonds. The van der Waals surface area contributed by atoms with Crippen LogP contribution in [0.3, 0.4) is 0 Å². The van der Waals surface area contributed by atoms with E-state index in [-0.39, 0.29) is 6.61 Å². The summed E-state index contributed by atoms with van der Waals surface area (Å²) in [5.41, 5.74) is 3.99. The molecule has 0 aliphatic carbocycles. The molecule has 0 atom stereocenters. The summed E-state index contributed by atoms with van der Waals surface area (Å²) in [5, 5.41) is 29.3. The lowest BCUT2D eigenvalue weighted by Crippen LogP contribution is -2.21. The van der Waals surface area contributed by atoms with Crippen molar-refractivity contribution in [1.82, 2.24) is 25.1 Å². The van der Waals surface area contributed by atoms with E-state index in [1.165, 1.54) is 0 Å². The van der Waals surface area contributed by atoms with Crippen LogP contribution in [0.15, 0.2) is 79.4 Å². The van der Waals surface area contributed by atoms with Crippen molar-refractivity contribution in [3.63, 3.8) is 0 Å². The van der Waals surface area contributed by atoms with Crippen molar-refractivity contribution >= 4 is 34.6 Å². The van der Waals surface area contributed by atoms with Gasteiger partial charge in [-0.2, -0.15) is 44.6 Å². The van der Waals surface area contributed by atoms with Gasteiger partial charge in [0.2, 0.25) is 0 Å². The minimum Gasteiger partial charge on any atom is -0.497 e. The summed E-state index contributed by atoms with van der Waals surface area (Å²) in [6.45, 7) is 0.895. The van der Waals surface area contributed by atoms with Gasteiger partial charge in [0.1, 0.15) is 23.9 Å². The van der Waals surface area contributed by atoms with Crippen molar-refractivity contribution < 1.29 is 78.7 Å². The van der Waals surface area contributed by atoms with Crippen molar-refractivity contribution in [3.05, 3.63) is 90.8 Å². The van der Waals surface area contributed by atoms with Gasteiger partial charge in [-0.05, 0) is 41.5 Å². The van der Waals surface area contributed by atoms with Crippen LogP contribution in [0.1, 0.15) is 11.4 Å². The standard InChI is InChI=1S/C26H24N6O2.3C2HF3O2/c1-32(16-18-5-4-10-27-13-18)26-23-11-19(20-14-28-29-15-20)8-9-24(23)30-25(31-26)17-34-22-7-3-6-21(12-22)33-2;3*3-2(4,5)1(6)7/h3-15H,16-17H2,1-2H3,(H,28,29);3*(H,6,7). The van der Waals surface area contributed by atoms with E-state index < -0.39 is 36.4 Å². The Kier molecular flexibility index (Phi) is 15.7. The molecule has 0 bridgehead atoms. The maximum absolute atomic E-state index is 10.6. The van der Waals surface area contributed by atoms with Crippen molar-refractivity contribution in [2.45, 2.75) is 31.7 Å². The molecule has 2 aromatic carbocycles. The van der Waals surface area contributed by atoms with Gasteiger partial charge in [-0.1, -0.05) is 18.2 Å². The minimum absolute atomic E-state index is 0.236. The third-order valence-electron chi connectivity index (χ3n) is 6.19. The van der Waals surface area contributed by atoms with Crippen molar-refractivity contribution in [1.29, 1.82) is 0 Å². The number of pyridine rings is 1. The Morgan fingerprint density at radius 2 is 1.35 bits per heavy atom. The normalized spacial score (nSPS) is 11.0. The first kappa shape index (κ1) is 44.5. The highest BCUT2D eigenvalue weighted by Gasteiger charge is 2.39. The van der Waals surface area contributed by atoms with Gasteiger partial charge in [-0.25, -0.2) is 24.4 Å². The number of hydrogen-bond acceptors (Lipinski definition) is 10. The Morgan fingerprint density at radius 3 is 1.84 bits per heavy atom. The molecule has 23 heteroatoms. The van der Waals surface area contributed by atoms with E-state index in [1.807, 2.05) is 61.9 Å². The number of halogens is 9. The Morgan fingerprint density at radius 1 is 0.764 bits per heavy atom. The number of anilines is 1. The van der Waals surface area contributed by atoms with E-state index in [4.69, 9.17) is 49.1 Å². The lowest BCUT2D eigenvalue weighted by atomic mass is 10.1. The summed E-state index contributed by atoms with van der Waals surface area (Å²) in [5.74, 6) is -5.42. The average Bonchev–Trinajstić information content (AvgIpc) is 3.66. The van der Waals surface area contributed by atoms with Crippen LogP contribution in [-0.4, -0.2) is 91.1 Å². The van der Waals surface area contributed by atoms with Gasteiger partial charge in [0.25, 0.3) is 0 Å². The van der Waals surface area contributed by atoms with Gasteiger partial charge in [0.15, 0.2) is 5.82 Å². The van der Waals surface area contributed by atoms with Crippen LogP contribution < -0.4 is 14.4 Å². The van der Waals surface area contributed by atoms with Crippen LogP contribution in [0.5, 0.6) is 11.5 Å². The molecule has 0 aliphatic heterocycles. The Bertz CT molecular complexity index is 1950. The fourth-order valence-electron chi connectivity index (χ4n) is 3.78. The molecule has 0 saturated heterocycles. The number of aliphatic carboxylic acids is 3. The molecular formula is C32H27F9N6O8. The number of aromatic nitrogens is 5. The number of ether oxygens (including phenoxy) is 2. The fraction of sp³-hybridized carbons (Fsp3) is 0.219. The summed E-state index contributed by atoms with van der Waals surface area (Å²) >= 11 is 0. The molecule has 5 rings (SSSR count). The predicted molar refractivity (Wildman–Crippen MR) is 172 cm³/mol. The smallest absolute Gasteiger partial charge is 0.490 e. The molecule has 0 fully saturated rings. The van der Waals surface area contributed by atoms with Crippen LogP contribution in [0.4, 0.5) is 45.3 Å². The molecule has 0 spiro atoms. The van der Waals surface area contributed by atoms with Gasteiger partial charge >= 0.3 is 36.4 Å². The highest BCUT2D eigenvalue weighted by atomic mass is 19.4. The zero-order chi connectivity index (χ0) is 41.6. The summed E-state index contributed by atoms with van der Waals surface area (Å²) in [6, 6.07) is 17.6. The quantitative estimate of drug-likeness (QED) is 0.124. The molecule has 3 heterocycles. The molecule has 0 unspecified atom stereocenters. The topological polar surface area (TPSA) is 201 Å². The highest BCUT2D eigenvalue weighted by molar-refractivity contribution is 5.93. The van der Waals surface area contributed by atoms with Crippen LogP contribution >= 0.6 is 0 Å². The highest BCUT2D eigenvalue weighted by Crippen LogP contribution is 2.30. The third kappa shape index (κ3) is 15.1. The zero-order valence-electron chi connectivity index (χ0n) is 27.9. The van der Waals surface area contributed by atoms with Crippen LogP contribution in [0.25, 0.3) is 22.0 Å². The molecule has 0 aliphatic rings. The van der Waals surface area contributed by atoms with Crippen LogP contribution in [0.2, 0.25) is 0 Å². The number of carboxylic acids is 3. The number of methoxy groups -OCH3 is 1. The van der Waals surface area contributed by atoms with E-state index in [1.54, 1.807) is 19.5 Å². The number of aromatic amines is 1.